The topological polar surface area (TPSA) is 126 Å². The molecular weight excluding hydrogens is 358 g/mol. The van der Waals surface area contributed by atoms with Gasteiger partial charge in [-0.3, -0.25) is 14.6 Å². The van der Waals surface area contributed by atoms with E-state index in [2.05, 4.69) is 11.9 Å². The van der Waals surface area contributed by atoms with Crippen LogP contribution in [0.25, 0.3) is 0 Å². The minimum Gasteiger partial charge on any atom is -0.460 e. The number of aldehydes is 1. The minimum absolute atomic E-state index is 0.117. The Hall–Kier alpha value is -2.02. The van der Waals surface area contributed by atoms with Crippen molar-refractivity contribution in [2.45, 2.75) is 72.3 Å². The van der Waals surface area contributed by atoms with E-state index in [1.807, 2.05) is 20.8 Å². The van der Waals surface area contributed by atoms with Crippen molar-refractivity contribution < 1.29 is 19.4 Å². The number of hydrogen-bond acceptors (Lipinski definition) is 7. The van der Waals surface area contributed by atoms with Crippen LogP contribution in [0.4, 0.5) is 0 Å². The number of ether oxygens (including phenoxy) is 1. The average molecular weight is 398 g/mol. The molecule has 2 atom stereocenters. The van der Waals surface area contributed by atoms with Crippen LogP contribution in [0, 0.1) is 17.2 Å². The number of nitrogens with two attached hydrogens (primary N) is 1. The van der Waals surface area contributed by atoms with E-state index in [1.54, 1.807) is 0 Å². The maximum atomic E-state index is 10.4. The molecule has 0 spiro atoms. The van der Waals surface area contributed by atoms with Gasteiger partial charge in [-0.2, -0.15) is 0 Å². The molecule has 0 heterocycles. The fourth-order valence-corrected chi connectivity index (χ4v) is 2.75. The van der Waals surface area contributed by atoms with E-state index >= 15 is 0 Å². The Morgan fingerprint density at radius 1 is 1.25 bits per heavy atom. The molecule has 0 aromatic rings. The highest BCUT2D eigenvalue weighted by Crippen LogP contribution is 2.26. The van der Waals surface area contributed by atoms with Gasteiger partial charge >= 0.3 is 5.97 Å². The predicted molar refractivity (Wildman–Crippen MR) is 115 cm³/mol. The SMILES string of the molecule is CC(=O)OC(C)(C)C.CC1CCCC(CN=C(C=N)/C=C(\N)C=O)CC1.CO. The van der Waals surface area contributed by atoms with Gasteiger partial charge in [-0.15, -0.1) is 0 Å². The number of aliphatic hydroxyl groups is 1. The van der Waals surface area contributed by atoms with Crippen LogP contribution in [0.1, 0.15) is 66.7 Å². The summed E-state index contributed by atoms with van der Waals surface area (Å²) in [4.78, 5) is 25.0. The van der Waals surface area contributed by atoms with Gasteiger partial charge in [0.05, 0.1) is 11.4 Å². The largest absolute Gasteiger partial charge is 0.460 e. The average Bonchev–Trinajstić information content (AvgIpc) is 2.82. The van der Waals surface area contributed by atoms with Crippen molar-refractivity contribution in [2.24, 2.45) is 22.6 Å². The van der Waals surface area contributed by atoms with Crippen LogP contribution < -0.4 is 5.73 Å². The summed E-state index contributed by atoms with van der Waals surface area (Å²) in [5.41, 5.74) is 5.68. The van der Waals surface area contributed by atoms with Crippen molar-refractivity contribution in [1.29, 1.82) is 5.41 Å². The molecule has 0 saturated heterocycles. The molecule has 1 fully saturated rings. The van der Waals surface area contributed by atoms with Crippen molar-refractivity contribution in [3.8, 4) is 0 Å². The molecule has 7 nitrogen and oxygen atoms in total. The van der Waals surface area contributed by atoms with Gasteiger partial charge in [0.25, 0.3) is 0 Å². The number of hydrogen-bond donors (Lipinski definition) is 3. The van der Waals surface area contributed by atoms with Gasteiger partial charge in [0, 0.05) is 26.8 Å². The lowest BCUT2D eigenvalue weighted by atomic mass is 9.99. The summed E-state index contributed by atoms with van der Waals surface area (Å²) < 4.78 is 4.80. The zero-order chi connectivity index (χ0) is 22.2. The molecular formula is C21H39N3O4. The molecule has 1 aliphatic rings. The number of aliphatic imine (C=N–C) groups is 1. The summed E-state index contributed by atoms with van der Waals surface area (Å²) in [6, 6.07) is 0. The summed E-state index contributed by atoms with van der Waals surface area (Å²) in [5.74, 6) is 1.21. The first-order chi connectivity index (χ1) is 13.1. The van der Waals surface area contributed by atoms with Crippen LogP contribution in [-0.4, -0.2) is 48.5 Å². The first-order valence-corrected chi connectivity index (χ1v) is 9.69. The molecule has 28 heavy (non-hydrogen) atoms. The number of esters is 1. The lowest BCUT2D eigenvalue weighted by molar-refractivity contribution is -0.151. The van der Waals surface area contributed by atoms with E-state index in [1.165, 1.54) is 45.1 Å². The maximum Gasteiger partial charge on any atom is 0.303 e. The maximum absolute atomic E-state index is 10.4. The number of allylic oxidation sites excluding steroid dienone is 2. The van der Waals surface area contributed by atoms with Gasteiger partial charge in [0.2, 0.25) is 0 Å². The molecule has 4 N–H and O–H groups in total. The van der Waals surface area contributed by atoms with Crippen LogP contribution >= 0.6 is 0 Å². The highest BCUT2D eigenvalue weighted by molar-refractivity contribution is 6.35. The van der Waals surface area contributed by atoms with Crippen molar-refractivity contribution in [2.75, 3.05) is 13.7 Å². The summed E-state index contributed by atoms with van der Waals surface area (Å²) in [6.07, 6.45) is 9.46. The molecule has 0 aromatic heterocycles. The second-order valence-corrected chi connectivity index (χ2v) is 7.86. The number of aliphatic hydroxyl groups excluding tert-OH is 1. The van der Waals surface area contributed by atoms with Crippen LogP contribution in [-0.2, 0) is 14.3 Å². The molecule has 1 saturated carbocycles. The second kappa shape index (κ2) is 16.0. The van der Waals surface area contributed by atoms with Gasteiger partial charge in [-0.1, -0.05) is 26.2 Å². The Labute approximate surface area is 170 Å². The third kappa shape index (κ3) is 17.4. The van der Waals surface area contributed by atoms with Gasteiger partial charge < -0.3 is 21.0 Å². The smallest absolute Gasteiger partial charge is 0.303 e. The number of carbonyl (C=O) groups excluding carboxylic acids is 2. The van der Waals surface area contributed by atoms with Crippen molar-refractivity contribution in [3.63, 3.8) is 0 Å². The molecule has 1 rings (SSSR count). The molecule has 0 radical (unpaired) electrons. The van der Waals surface area contributed by atoms with E-state index < -0.39 is 0 Å². The molecule has 2 unspecified atom stereocenters. The molecule has 162 valence electrons. The highest BCUT2D eigenvalue weighted by atomic mass is 16.6. The monoisotopic (exact) mass is 397 g/mol. The Morgan fingerprint density at radius 3 is 2.29 bits per heavy atom. The Bertz CT molecular complexity index is 522. The zero-order valence-electron chi connectivity index (χ0n) is 18.3. The number of nitrogens with zero attached hydrogens (tertiary/aromatic N) is 1. The minimum atomic E-state index is -0.328. The van der Waals surface area contributed by atoms with Gasteiger partial charge in [0.1, 0.15) is 5.60 Å². The summed E-state index contributed by atoms with van der Waals surface area (Å²) in [5, 5.41) is 14.2. The van der Waals surface area contributed by atoms with E-state index in [0.717, 1.165) is 25.8 Å². The van der Waals surface area contributed by atoms with E-state index in [4.69, 9.17) is 21.0 Å². The summed E-state index contributed by atoms with van der Waals surface area (Å²) in [6.45, 7) is 9.98. The van der Waals surface area contributed by atoms with Crippen LogP contribution in [0.3, 0.4) is 0 Å². The predicted octanol–water partition coefficient (Wildman–Crippen LogP) is 3.29. The summed E-state index contributed by atoms with van der Waals surface area (Å²) >= 11 is 0. The molecule has 0 aromatic carbocycles. The second-order valence-electron chi connectivity index (χ2n) is 7.86. The van der Waals surface area contributed by atoms with E-state index in [0.29, 0.717) is 17.9 Å². The molecule has 0 bridgehead atoms. The van der Waals surface area contributed by atoms with Crippen LogP contribution in [0.5, 0.6) is 0 Å². The fourth-order valence-electron chi connectivity index (χ4n) is 2.75. The standard InChI is InChI=1S/C14H23N3O.C6H12O2.CH4O/c1-11-3-2-4-12(6-5-11)9-17-14(8-15)7-13(16)10-18;1-5(7)8-6(2,3)4;1-2/h7-8,10-12,15H,2-6,9,16H2,1H3;1-4H3;2H,1H3/b13-7-,15-8?,17-14?;;. The number of rotatable bonds is 5. The van der Waals surface area contributed by atoms with Crippen LogP contribution in [0.15, 0.2) is 16.8 Å². The fraction of sp³-hybridized carbons (Fsp3) is 0.714. The molecule has 7 heteroatoms. The quantitative estimate of drug-likeness (QED) is 0.216. The van der Waals surface area contributed by atoms with Gasteiger partial charge in [-0.05, 0) is 51.5 Å². The Balaban J connectivity index is 0. The molecule has 0 aliphatic heterocycles. The molecule has 1 aliphatic carbocycles. The molecule has 0 amide bonds. The van der Waals surface area contributed by atoms with Gasteiger partial charge in [0.15, 0.2) is 6.29 Å². The third-order valence-electron chi connectivity index (χ3n) is 3.96. The summed E-state index contributed by atoms with van der Waals surface area (Å²) in [7, 11) is 1.00. The number of carbonyl (C=O) groups is 2. The van der Waals surface area contributed by atoms with Crippen molar-refractivity contribution in [1.82, 2.24) is 0 Å². The third-order valence-corrected chi connectivity index (χ3v) is 3.96. The number of nitrogens with one attached hydrogen (secondary N) is 1. The zero-order valence-corrected chi connectivity index (χ0v) is 18.3. The first kappa shape index (κ1) is 28.2. The lowest BCUT2D eigenvalue weighted by Crippen LogP contribution is -2.21. The Morgan fingerprint density at radius 2 is 1.86 bits per heavy atom. The van der Waals surface area contributed by atoms with Gasteiger partial charge in [-0.25, -0.2) is 0 Å². The lowest BCUT2D eigenvalue weighted by Gasteiger charge is -2.17. The van der Waals surface area contributed by atoms with E-state index in [-0.39, 0.29) is 17.3 Å². The first-order valence-electron chi connectivity index (χ1n) is 9.69. The van der Waals surface area contributed by atoms with Crippen molar-refractivity contribution in [3.05, 3.63) is 11.8 Å². The van der Waals surface area contributed by atoms with E-state index in [9.17, 15) is 9.59 Å². The highest BCUT2D eigenvalue weighted by Gasteiger charge is 2.15. The normalized spacial score (nSPS) is 20.4. The van der Waals surface area contributed by atoms with Crippen molar-refractivity contribution >= 4 is 24.2 Å². The van der Waals surface area contributed by atoms with Crippen LogP contribution in [0.2, 0.25) is 0 Å². The Kier molecular flexibility index (Phi) is 16.1.